The summed E-state index contributed by atoms with van der Waals surface area (Å²) in [5, 5.41) is 2.69. The first kappa shape index (κ1) is 21.7. The van der Waals surface area contributed by atoms with Crippen molar-refractivity contribution in [1.82, 2.24) is 14.9 Å². The van der Waals surface area contributed by atoms with Crippen LogP contribution in [0.25, 0.3) is 21.3 Å². The smallest absolute Gasteiger partial charge is 0.272 e. The second-order valence-electron chi connectivity index (χ2n) is 7.24. The predicted octanol–water partition coefficient (Wildman–Crippen LogP) is 4.71. The van der Waals surface area contributed by atoms with Gasteiger partial charge in [0, 0.05) is 24.0 Å². The molecule has 4 aromatic rings. The van der Waals surface area contributed by atoms with E-state index in [1.807, 2.05) is 35.7 Å². The van der Waals surface area contributed by atoms with E-state index in [4.69, 9.17) is 21.3 Å². The zero-order valence-electron chi connectivity index (χ0n) is 16.8. The molecule has 0 amide bonds. The monoisotopic (exact) mass is 506 g/mol. The lowest BCUT2D eigenvalue weighted by atomic mass is 10.1. The third kappa shape index (κ3) is 4.52. The number of fused-ring (bicyclic) bond motifs is 1. The van der Waals surface area contributed by atoms with Crippen LogP contribution in [-0.4, -0.2) is 49.6 Å². The summed E-state index contributed by atoms with van der Waals surface area (Å²) in [5.41, 5.74) is 1.87. The second-order valence-corrected chi connectivity index (χ2v) is 11.7. The maximum Gasteiger partial charge on any atom is 0.272 e. The number of benzene rings is 1. The Bertz CT molecular complexity index is 1350. The maximum atomic E-state index is 13.1. The number of hydrogen-bond donors (Lipinski definition) is 1. The van der Waals surface area contributed by atoms with Gasteiger partial charge in [-0.05, 0) is 17.7 Å². The van der Waals surface area contributed by atoms with Crippen molar-refractivity contribution in [2.75, 3.05) is 31.0 Å². The number of thiophene rings is 2. The Morgan fingerprint density at radius 1 is 1.09 bits per heavy atom. The molecule has 0 unspecified atom stereocenters. The standard InChI is InChI=1S/C21H19ClN4O3S3/c22-16-6-7-18(31-16)32(27,28)25-20-19-15(14-4-2-1-3-5-14)13-30-21(19)24-17(23-20)12-26-8-10-29-11-9-26/h1-7,13H,8-12H2,(H,23,24,25). The summed E-state index contributed by atoms with van der Waals surface area (Å²) < 4.78 is 34.8. The summed E-state index contributed by atoms with van der Waals surface area (Å²) in [6.45, 7) is 3.43. The normalized spacial score (nSPS) is 15.3. The van der Waals surface area contributed by atoms with Crippen LogP contribution in [0.1, 0.15) is 5.82 Å². The second kappa shape index (κ2) is 9.05. The van der Waals surface area contributed by atoms with Gasteiger partial charge in [-0.2, -0.15) is 0 Å². The van der Waals surface area contributed by atoms with E-state index in [2.05, 4.69) is 14.6 Å². The number of nitrogens with zero attached hydrogens (tertiary/aromatic N) is 3. The van der Waals surface area contributed by atoms with Gasteiger partial charge in [0.05, 0.1) is 29.5 Å². The molecule has 11 heteroatoms. The highest BCUT2D eigenvalue weighted by atomic mass is 35.5. The van der Waals surface area contributed by atoms with Gasteiger partial charge in [-0.1, -0.05) is 41.9 Å². The van der Waals surface area contributed by atoms with E-state index in [-0.39, 0.29) is 10.0 Å². The molecule has 1 aliphatic rings. The molecule has 5 rings (SSSR count). The van der Waals surface area contributed by atoms with Gasteiger partial charge < -0.3 is 4.74 Å². The molecule has 1 saturated heterocycles. The molecule has 32 heavy (non-hydrogen) atoms. The van der Waals surface area contributed by atoms with E-state index in [0.717, 1.165) is 40.4 Å². The average molecular weight is 507 g/mol. The van der Waals surface area contributed by atoms with Gasteiger partial charge in [0.1, 0.15) is 14.9 Å². The van der Waals surface area contributed by atoms with Crippen molar-refractivity contribution in [2.24, 2.45) is 0 Å². The zero-order chi connectivity index (χ0) is 22.1. The highest BCUT2D eigenvalue weighted by Crippen LogP contribution is 2.38. The van der Waals surface area contributed by atoms with Gasteiger partial charge in [-0.25, -0.2) is 18.4 Å². The van der Waals surface area contributed by atoms with Crippen molar-refractivity contribution >= 4 is 60.3 Å². The molecule has 0 saturated carbocycles. The molecule has 7 nitrogen and oxygen atoms in total. The number of sulfonamides is 1. The van der Waals surface area contributed by atoms with Gasteiger partial charge in [0.25, 0.3) is 10.0 Å². The zero-order valence-corrected chi connectivity index (χ0v) is 20.0. The van der Waals surface area contributed by atoms with E-state index < -0.39 is 10.0 Å². The van der Waals surface area contributed by atoms with E-state index in [1.54, 1.807) is 6.07 Å². The van der Waals surface area contributed by atoms with Crippen molar-refractivity contribution in [1.29, 1.82) is 0 Å². The summed E-state index contributed by atoms with van der Waals surface area (Å²) >= 11 is 8.46. The minimum atomic E-state index is -3.85. The van der Waals surface area contributed by atoms with Crippen LogP contribution < -0.4 is 4.72 Å². The number of hydrogen-bond acceptors (Lipinski definition) is 8. The first-order chi connectivity index (χ1) is 15.5. The van der Waals surface area contributed by atoms with Gasteiger partial charge >= 0.3 is 0 Å². The summed E-state index contributed by atoms with van der Waals surface area (Å²) in [6.07, 6.45) is 0. The van der Waals surface area contributed by atoms with Crippen LogP contribution in [0.3, 0.4) is 0 Å². The topological polar surface area (TPSA) is 84.4 Å². The summed E-state index contributed by atoms with van der Waals surface area (Å²) in [5.74, 6) is 0.852. The maximum absolute atomic E-state index is 13.1. The molecule has 0 atom stereocenters. The van der Waals surface area contributed by atoms with Crippen LogP contribution in [0.2, 0.25) is 4.34 Å². The third-order valence-corrected chi connectivity index (χ3v) is 9.01. The number of aromatic nitrogens is 2. The summed E-state index contributed by atoms with van der Waals surface area (Å²) in [6, 6.07) is 12.9. The number of halogens is 1. The van der Waals surface area contributed by atoms with Crippen LogP contribution >= 0.6 is 34.3 Å². The lowest BCUT2D eigenvalue weighted by Crippen LogP contribution is -2.36. The Labute approximate surface area is 198 Å². The van der Waals surface area contributed by atoms with Crippen LogP contribution in [0, 0.1) is 0 Å². The summed E-state index contributed by atoms with van der Waals surface area (Å²) in [4.78, 5) is 12.4. The van der Waals surface area contributed by atoms with Gasteiger partial charge in [0.15, 0.2) is 5.82 Å². The van der Waals surface area contributed by atoms with Crippen molar-refractivity contribution in [3.63, 3.8) is 0 Å². The molecule has 1 N–H and O–H groups in total. The lowest BCUT2D eigenvalue weighted by molar-refractivity contribution is 0.0331. The Hall–Kier alpha value is -2.08. The van der Waals surface area contributed by atoms with Crippen molar-refractivity contribution in [3.05, 3.63) is 58.0 Å². The Balaban J connectivity index is 1.60. The fraction of sp³-hybridized carbons (Fsp3) is 0.238. The Morgan fingerprint density at radius 2 is 1.88 bits per heavy atom. The number of morpholine rings is 1. The van der Waals surface area contributed by atoms with E-state index in [1.165, 1.54) is 17.4 Å². The van der Waals surface area contributed by atoms with Crippen LogP contribution in [0.15, 0.2) is 52.1 Å². The van der Waals surface area contributed by atoms with E-state index >= 15 is 0 Å². The van der Waals surface area contributed by atoms with E-state index in [0.29, 0.717) is 35.3 Å². The van der Waals surface area contributed by atoms with Gasteiger partial charge in [0.2, 0.25) is 0 Å². The quantitative estimate of drug-likeness (QED) is 0.408. The number of anilines is 1. The third-order valence-electron chi connectivity index (χ3n) is 5.08. The minimum absolute atomic E-state index is 0.139. The molecule has 1 fully saturated rings. The van der Waals surface area contributed by atoms with E-state index in [9.17, 15) is 8.42 Å². The first-order valence-electron chi connectivity index (χ1n) is 9.91. The first-order valence-corrected chi connectivity index (χ1v) is 13.5. The number of ether oxygens (including phenoxy) is 1. The SMILES string of the molecule is O=S(=O)(Nc1nc(CN2CCOCC2)nc2scc(-c3ccccc3)c12)c1ccc(Cl)s1. The lowest BCUT2D eigenvalue weighted by Gasteiger charge is -2.25. The van der Waals surface area contributed by atoms with Crippen molar-refractivity contribution < 1.29 is 13.2 Å². The van der Waals surface area contributed by atoms with Crippen LogP contribution in [0.5, 0.6) is 0 Å². The minimum Gasteiger partial charge on any atom is -0.379 e. The molecule has 0 radical (unpaired) electrons. The van der Waals surface area contributed by atoms with Gasteiger partial charge in [-0.15, -0.1) is 22.7 Å². The molecule has 0 bridgehead atoms. The van der Waals surface area contributed by atoms with Crippen LogP contribution in [-0.2, 0) is 21.3 Å². The highest BCUT2D eigenvalue weighted by Gasteiger charge is 2.23. The van der Waals surface area contributed by atoms with Crippen molar-refractivity contribution in [3.8, 4) is 11.1 Å². The Kier molecular flexibility index (Phi) is 6.15. The largest absolute Gasteiger partial charge is 0.379 e. The molecule has 0 spiro atoms. The summed E-state index contributed by atoms with van der Waals surface area (Å²) in [7, 11) is -3.85. The predicted molar refractivity (Wildman–Crippen MR) is 129 cm³/mol. The Morgan fingerprint density at radius 3 is 2.59 bits per heavy atom. The number of nitrogens with one attached hydrogen (secondary N) is 1. The number of rotatable bonds is 6. The average Bonchev–Trinajstić information content (AvgIpc) is 3.42. The molecule has 4 heterocycles. The van der Waals surface area contributed by atoms with Gasteiger partial charge in [-0.3, -0.25) is 9.62 Å². The molecular weight excluding hydrogens is 488 g/mol. The molecule has 3 aromatic heterocycles. The fourth-order valence-corrected chi connectivity index (χ4v) is 7.00. The van der Waals surface area contributed by atoms with Crippen molar-refractivity contribution in [2.45, 2.75) is 10.8 Å². The molecule has 1 aliphatic heterocycles. The molecule has 1 aromatic carbocycles. The molecular formula is C21H19ClN4O3S3. The fourth-order valence-electron chi connectivity index (χ4n) is 3.54. The molecule has 166 valence electrons. The highest BCUT2D eigenvalue weighted by molar-refractivity contribution is 7.94. The van der Waals surface area contributed by atoms with Crippen LogP contribution in [0.4, 0.5) is 5.82 Å². The molecule has 0 aliphatic carbocycles.